The molecule has 3 aromatic carbocycles. The molecule has 7 aliphatic rings. The molecule has 12 unspecified atom stereocenters. The third-order valence-corrected chi connectivity index (χ3v) is 23.8. The monoisotopic (exact) mass is 1690 g/mol. The molecule has 32 nitrogen and oxygen atoms in total. The summed E-state index contributed by atoms with van der Waals surface area (Å²) in [4.78, 5) is 210. The molecule has 4 aliphatic heterocycles. The van der Waals surface area contributed by atoms with Crippen molar-refractivity contribution < 1.29 is 95.5 Å². The Hall–Kier alpha value is -12.0. The number of phenolic OH excluding ortho intramolecular Hbond substituents is 1. The van der Waals surface area contributed by atoms with Gasteiger partial charge in [-0.3, -0.25) is 52.7 Å². The lowest BCUT2D eigenvalue weighted by atomic mass is 9.83. The van der Waals surface area contributed by atoms with Crippen LogP contribution in [-0.2, 0) is 63.8 Å². The second-order valence-electron chi connectivity index (χ2n) is 34.9. The number of aryl methyl sites for hydroxylation is 1. The van der Waals surface area contributed by atoms with Crippen molar-refractivity contribution in [2.45, 2.75) is 210 Å². The van der Waals surface area contributed by atoms with Gasteiger partial charge < -0.3 is 84.6 Å². The number of aromatic hydroxyl groups is 2. The molecule has 4 aromatic rings. The topological polar surface area (TPSA) is 443 Å². The summed E-state index contributed by atoms with van der Waals surface area (Å²) in [5.74, 6) is -14.1. The quantitative estimate of drug-likeness (QED) is 0.0199. The number of allylic oxidation sites excluding steroid dienone is 2. The van der Waals surface area contributed by atoms with Gasteiger partial charge in [0.25, 0.3) is 11.8 Å². The van der Waals surface area contributed by atoms with Crippen molar-refractivity contribution in [1.29, 1.82) is 0 Å². The van der Waals surface area contributed by atoms with Crippen molar-refractivity contribution in [3.05, 3.63) is 108 Å². The molecule has 5 heterocycles. The molecule has 8 amide bonds. The number of fused-ring (bicyclic) bond motifs is 7. The lowest BCUT2D eigenvalue weighted by molar-refractivity contribution is -0.163. The molecule has 656 valence electrons. The Balaban J connectivity index is 0.000000404. The number of nitrogen functional groups attached to an aromatic ring is 1. The van der Waals surface area contributed by atoms with Gasteiger partial charge in [-0.25, -0.2) is 19.4 Å². The van der Waals surface area contributed by atoms with Gasteiger partial charge in [0.1, 0.15) is 87.1 Å². The Bertz CT molecular complexity index is 5320. The van der Waals surface area contributed by atoms with Gasteiger partial charge in [-0.2, -0.15) is 0 Å². The first-order valence-corrected chi connectivity index (χ1v) is 41.4. The van der Waals surface area contributed by atoms with Crippen LogP contribution in [0.2, 0.25) is 0 Å². The Morgan fingerprint density at radius 2 is 1.15 bits per heavy atom. The van der Waals surface area contributed by atoms with Crippen molar-refractivity contribution in [3.63, 3.8) is 0 Å². The fraction of sp³-hybridized carbons (Fsp3) is 0.522. The standard InChI is InChI=1S/C64H88N10O16.C26H26O6/c1-27(2)44-53(78)35-19-17-21-37(35)61(84)71(13)25-40(75)73(15)50(29(5)6)63(86)88-33(11)46(59(82)67-44)69-57(80)39-24-23-31(9)55-48(39)66-49-42(43(65)52(77)32(10)56(49)90-55)58(81)70-47-34(12)89-64(87)51(30(7)8)74(16)41(76)26-72(14)62(85)38-22-18-20-36(38)54(79)45(28(3)4)68-60(47)83;1-14(2)6-11-17-22-18(12-13-26(3,4)32-22)24-20(23(17)30-5)21(28)19(25(29)31-24)15-7-9-16(27)10-8-15/h23-24,27-30,33-38,44-47,50-51H,17-22,25-26,65H2,1-16H3,(H,67,82)(H,68,83)(H,69,80)(H,70,81);6-10,12-13,27-28H,11H2,1-5H3. The molecule has 32 heteroatoms. The van der Waals surface area contributed by atoms with E-state index < -0.39 is 208 Å². The van der Waals surface area contributed by atoms with Crippen LogP contribution in [0.5, 0.6) is 23.0 Å². The summed E-state index contributed by atoms with van der Waals surface area (Å²) >= 11 is 0. The SMILES string of the molecule is COc1c(CC=C(C)C)c2c(c3oc(=O)c(-c4ccc(O)cc4)c(O)c13)C=CC(C)(C)O2.Cc1c2oc3c(C)ccc(C(=O)NC4C(=O)NC(C(C)C)C(=O)C5CCCC5C(=O)N(C)CC(=O)N(C)C(C(C)C)C(=O)OC4C)c3nc-2c(C(=O)NC2C(=O)NC(C(C)C)C(=O)C3CCCC3C(=O)N(C)CC(=O)N(C)C(C(C)C)C(=O)OC2C)c(N)c1=O. The lowest BCUT2D eigenvalue weighted by Gasteiger charge is -2.35. The lowest BCUT2D eigenvalue weighted by Crippen LogP contribution is -2.59. The maximum Gasteiger partial charge on any atom is 0.348 e. The molecule has 12 atom stereocenters. The summed E-state index contributed by atoms with van der Waals surface area (Å²) in [6.45, 7) is 26.2. The number of phenols is 1. The minimum atomic E-state index is -1.86. The Morgan fingerprint density at radius 3 is 1.61 bits per heavy atom. The molecule has 11 rings (SSSR count). The van der Waals surface area contributed by atoms with E-state index in [4.69, 9.17) is 38.5 Å². The number of rotatable bonds is 12. The molecule has 4 fully saturated rings. The number of nitrogens with zero attached hydrogens (tertiary/aromatic N) is 5. The third kappa shape index (κ3) is 18.7. The van der Waals surface area contributed by atoms with Crippen LogP contribution in [-0.4, -0.2) is 208 Å². The van der Waals surface area contributed by atoms with Crippen LogP contribution in [0.1, 0.15) is 178 Å². The summed E-state index contributed by atoms with van der Waals surface area (Å²) in [5, 5.41) is 32.0. The summed E-state index contributed by atoms with van der Waals surface area (Å²) in [7, 11) is 7.18. The number of likely N-dealkylation sites (N-methyl/N-ethyl adjacent to an activating group) is 4. The molecule has 122 heavy (non-hydrogen) atoms. The van der Waals surface area contributed by atoms with Crippen molar-refractivity contribution >= 4 is 105 Å². The van der Waals surface area contributed by atoms with Gasteiger partial charge in [0.15, 0.2) is 28.5 Å². The zero-order valence-electron chi connectivity index (χ0n) is 73.2. The first-order valence-electron chi connectivity index (χ1n) is 41.4. The number of esters is 2. The number of cyclic esters (lactones) is 2. The molecule has 0 bridgehead atoms. The van der Waals surface area contributed by atoms with E-state index in [2.05, 4.69) is 27.3 Å². The number of carbonyl (C=O) groups is 12. The van der Waals surface area contributed by atoms with Gasteiger partial charge in [0.2, 0.25) is 40.9 Å². The van der Waals surface area contributed by atoms with Gasteiger partial charge in [-0.15, -0.1) is 0 Å². The third-order valence-electron chi connectivity index (χ3n) is 23.8. The maximum absolute atomic E-state index is 15.2. The number of hydrogen-bond donors (Lipinski definition) is 7. The molecule has 2 saturated heterocycles. The van der Waals surface area contributed by atoms with Crippen LogP contribution in [0.15, 0.2) is 72.5 Å². The van der Waals surface area contributed by atoms with E-state index in [0.29, 0.717) is 78.5 Å². The number of anilines is 1. The second kappa shape index (κ2) is 37.2. The van der Waals surface area contributed by atoms with E-state index >= 15 is 9.59 Å². The van der Waals surface area contributed by atoms with Crippen molar-refractivity contribution in [1.82, 2.24) is 45.9 Å². The molecule has 8 N–H and O–H groups in total. The average molecular weight is 1690 g/mol. The molecule has 1 aromatic heterocycles. The first kappa shape index (κ1) is 92.3. The number of nitrogens with two attached hydrogens (primary N) is 1. The van der Waals surface area contributed by atoms with E-state index in [1.807, 2.05) is 39.8 Å². The van der Waals surface area contributed by atoms with E-state index in [0.717, 1.165) is 20.9 Å². The van der Waals surface area contributed by atoms with Crippen molar-refractivity contribution in [2.75, 3.05) is 54.1 Å². The van der Waals surface area contributed by atoms with Gasteiger partial charge >= 0.3 is 17.6 Å². The van der Waals surface area contributed by atoms with Crippen LogP contribution in [0.4, 0.5) is 5.69 Å². The van der Waals surface area contributed by atoms with Crippen molar-refractivity contribution in [3.8, 4) is 45.6 Å². The van der Waals surface area contributed by atoms with E-state index in [9.17, 15) is 67.7 Å². The van der Waals surface area contributed by atoms with Crippen LogP contribution >= 0.6 is 0 Å². The van der Waals surface area contributed by atoms with Crippen LogP contribution in [0.25, 0.3) is 50.7 Å². The largest absolute Gasteiger partial charge is 0.508 e. The van der Waals surface area contributed by atoms with Gasteiger partial charge in [-0.1, -0.05) is 98.1 Å². The smallest absolute Gasteiger partial charge is 0.348 e. The number of hydrogen-bond acceptors (Lipinski definition) is 24. The number of Topliss-reactive ketones (excluding diaryl/α,β-unsaturated/α-hetero) is 2. The summed E-state index contributed by atoms with van der Waals surface area (Å²) in [6, 6.07) is 0.276. The van der Waals surface area contributed by atoms with Crippen LogP contribution in [0, 0.1) is 61.2 Å². The van der Waals surface area contributed by atoms with E-state index in [-0.39, 0.29) is 56.3 Å². The number of benzene rings is 4. The predicted molar refractivity (Wildman–Crippen MR) is 452 cm³/mol. The average Bonchev–Trinajstić information content (AvgIpc) is 0.759. The van der Waals surface area contributed by atoms with Crippen LogP contribution < -0.4 is 47.5 Å². The number of aromatic nitrogens is 1. The van der Waals surface area contributed by atoms with E-state index in [1.165, 1.54) is 90.1 Å². The minimum Gasteiger partial charge on any atom is -0.508 e. The molecular formula is C90H114N10O22. The summed E-state index contributed by atoms with van der Waals surface area (Å²) < 4.78 is 36.1. The highest BCUT2D eigenvalue weighted by Gasteiger charge is 2.49. The van der Waals surface area contributed by atoms with Gasteiger partial charge in [-0.05, 0) is 153 Å². The Kier molecular flexibility index (Phi) is 28.1. The Morgan fingerprint density at radius 1 is 0.664 bits per heavy atom. The normalized spacial score (nSPS) is 24.2. The highest BCUT2D eigenvalue weighted by atomic mass is 16.6. The highest BCUT2D eigenvalue weighted by molar-refractivity contribution is 6.11. The number of ketones is 2. The predicted octanol–water partition coefficient (Wildman–Crippen LogP) is 8.29. The number of methoxy groups -OCH3 is 1. The van der Waals surface area contributed by atoms with Gasteiger partial charge in [0, 0.05) is 63.0 Å². The molecule has 3 aliphatic carbocycles. The number of nitrogens with one attached hydrogen (secondary N) is 4. The fourth-order valence-corrected chi connectivity index (χ4v) is 17.1. The van der Waals surface area contributed by atoms with Crippen molar-refractivity contribution in [2.24, 2.45) is 47.3 Å². The van der Waals surface area contributed by atoms with E-state index in [1.54, 1.807) is 74.4 Å². The second-order valence-corrected chi connectivity index (χ2v) is 34.9. The maximum atomic E-state index is 15.2. The minimum absolute atomic E-state index is 0.00458. The highest BCUT2D eigenvalue weighted by Crippen LogP contribution is 2.50. The van der Waals surface area contributed by atoms with Crippen LogP contribution in [0.3, 0.4) is 0 Å². The molecule has 0 spiro atoms. The number of carbonyl (C=O) groups excluding carboxylic acids is 12. The van der Waals surface area contributed by atoms with Gasteiger partial charge in [0.05, 0.1) is 54.7 Å². The number of ether oxygens (including phenoxy) is 4. The Labute approximate surface area is 707 Å². The molecular weight excluding hydrogens is 1570 g/mol. The first-order chi connectivity index (χ1) is 57.2. The zero-order chi connectivity index (χ0) is 90.2. The fourth-order valence-electron chi connectivity index (χ4n) is 17.1. The summed E-state index contributed by atoms with van der Waals surface area (Å²) in [5.41, 5.74) is 5.52. The molecule has 0 radical (unpaired) electrons. The zero-order valence-corrected chi connectivity index (χ0v) is 73.2. The summed E-state index contributed by atoms with van der Waals surface area (Å²) in [6.07, 6.45) is 5.65. The number of amides is 8. The molecule has 2 saturated carbocycles.